The number of fused-ring (bicyclic) bond motifs is 1. The second-order valence-electron chi connectivity index (χ2n) is 12.2. The Hall–Kier alpha value is -3.01. The van der Waals surface area contributed by atoms with Crippen LogP contribution in [0.15, 0.2) is 37.2 Å². The Morgan fingerprint density at radius 2 is 1.75 bits per heavy atom. The van der Waals surface area contributed by atoms with Gasteiger partial charge in [0.25, 0.3) is 21.6 Å². The van der Waals surface area contributed by atoms with E-state index in [0.717, 1.165) is 25.7 Å². The fourth-order valence-corrected chi connectivity index (χ4v) is 8.08. The first-order valence-corrected chi connectivity index (χ1v) is 19.1. The number of nitrogens with zero attached hydrogens (tertiary/aromatic N) is 5. The largest absolute Gasteiger partial charge is 0.756 e. The van der Waals surface area contributed by atoms with Crippen LogP contribution in [0.25, 0.3) is 11.2 Å². The van der Waals surface area contributed by atoms with Gasteiger partial charge in [0.2, 0.25) is 0 Å². The molecule has 5 rings (SSSR count). The Labute approximate surface area is 291 Å². The number of aliphatic hydroxyl groups excluding tert-OH is 4. The maximum Gasteiger partial charge on any atom is 0.274 e. The third-order valence-electron chi connectivity index (χ3n) is 8.70. The lowest BCUT2D eigenvalue weighted by Crippen LogP contribution is -2.45. The molecule has 282 valence electrons. The summed E-state index contributed by atoms with van der Waals surface area (Å²) >= 11 is 0. The SMILES string of the molecule is NCCCCCCNc1ncnc2c1ncn2C1OC(COP(=O)([O-])OP(=O)([O-])OCC2CC([n+]3cccc(C(N)=O)c3)C(O)C2O)C(O)C1O. The molecule has 2 fully saturated rings. The Bertz CT molecular complexity index is 1750. The number of hydrogen-bond acceptors (Lipinski definition) is 18. The van der Waals surface area contributed by atoms with Gasteiger partial charge in [-0.15, -0.1) is 0 Å². The fraction of sp³-hybridized carbons (Fsp3) is 0.607. The quantitative estimate of drug-likeness (QED) is 0.0408. The molecule has 0 aromatic carbocycles. The van der Waals surface area contributed by atoms with E-state index in [9.17, 15) is 44.1 Å². The van der Waals surface area contributed by atoms with Gasteiger partial charge in [-0.3, -0.25) is 18.5 Å². The molecule has 10 atom stereocenters. The van der Waals surface area contributed by atoms with E-state index >= 15 is 0 Å². The highest BCUT2D eigenvalue weighted by Gasteiger charge is 2.48. The molecule has 0 spiro atoms. The molecule has 1 aliphatic heterocycles. The monoisotopic (exact) mass is 759 g/mol. The summed E-state index contributed by atoms with van der Waals surface area (Å²) in [7, 11) is -11.3. The van der Waals surface area contributed by atoms with Crippen LogP contribution in [0.2, 0.25) is 0 Å². The highest BCUT2D eigenvalue weighted by molar-refractivity contribution is 7.59. The average molecular weight is 760 g/mol. The molecule has 0 radical (unpaired) electrons. The van der Waals surface area contributed by atoms with Crippen molar-refractivity contribution < 1.29 is 66.8 Å². The van der Waals surface area contributed by atoms with Gasteiger partial charge in [0.15, 0.2) is 41.6 Å². The molecular formula is C28H41N8O13P2-. The number of nitrogens with two attached hydrogens (primary N) is 2. The normalized spacial score (nSPS) is 28.8. The third kappa shape index (κ3) is 9.51. The van der Waals surface area contributed by atoms with Crippen LogP contribution < -0.4 is 31.1 Å². The molecule has 3 aromatic rings. The first-order chi connectivity index (χ1) is 24.2. The topological polar surface area (TPSA) is 327 Å². The van der Waals surface area contributed by atoms with Crippen LogP contribution >= 0.6 is 15.6 Å². The number of rotatable bonds is 18. The van der Waals surface area contributed by atoms with Crippen LogP contribution in [0.1, 0.15) is 54.7 Å². The molecule has 3 aromatic heterocycles. The van der Waals surface area contributed by atoms with Gasteiger partial charge in [-0.2, -0.15) is 4.57 Å². The van der Waals surface area contributed by atoms with Crippen LogP contribution in [-0.2, 0) is 27.2 Å². The number of ether oxygens (including phenoxy) is 1. The second-order valence-corrected chi connectivity index (χ2v) is 15.2. The van der Waals surface area contributed by atoms with E-state index < -0.39 is 83.5 Å². The Kier molecular flexibility index (Phi) is 12.9. The first kappa shape index (κ1) is 39.2. The zero-order valence-corrected chi connectivity index (χ0v) is 29.0. The molecule has 2 aliphatic rings. The number of nitrogens with one attached hydrogen (secondary N) is 1. The van der Waals surface area contributed by atoms with Crippen molar-refractivity contribution in [3.8, 4) is 0 Å². The van der Waals surface area contributed by atoms with E-state index in [1.165, 1.54) is 46.3 Å². The predicted octanol–water partition coefficient (Wildman–Crippen LogP) is -2.27. The van der Waals surface area contributed by atoms with Gasteiger partial charge in [-0.25, -0.2) is 19.3 Å². The Morgan fingerprint density at radius 3 is 2.47 bits per heavy atom. The minimum absolute atomic E-state index is 0.0210. The minimum Gasteiger partial charge on any atom is -0.756 e. The van der Waals surface area contributed by atoms with Crippen LogP contribution in [0.4, 0.5) is 5.82 Å². The Balaban J connectivity index is 1.14. The summed E-state index contributed by atoms with van der Waals surface area (Å²) < 4.78 is 46.9. The van der Waals surface area contributed by atoms with E-state index in [4.69, 9.17) is 20.7 Å². The molecular weight excluding hydrogens is 718 g/mol. The van der Waals surface area contributed by atoms with Crippen molar-refractivity contribution in [1.29, 1.82) is 0 Å². The summed E-state index contributed by atoms with van der Waals surface area (Å²) in [4.78, 5) is 49.1. The molecule has 4 heterocycles. The summed E-state index contributed by atoms with van der Waals surface area (Å²) in [6.07, 6.45) is 0.334. The number of aromatic nitrogens is 5. The lowest BCUT2D eigenvalue weighted by Gasteiger charge is -2.32. The van der Waals surface area contributed by atoms with Gasteiger partial charge >= 0.3 is 0 Å². The zero-order chi connectivity index (χ0) is 36.9. The van der Waals surface area contributed by atoms with Gasteiger partial charge in [0, 0.05) is 24.9 Å². The molecule has 0 bridgehead atoms. The Morgan fingerprint density at radius 1 is 1.02 bits per heavy atom. The molecule has 1 saturated carbocycles. The van der Waals surface area contributed by atoms with Crippen molar-refractivity contribution in [2.24, 2.45) is 17.4 Å². The summed E-state index contributed by atoms with van der Waals surface area (Å²) in [6, 6.07) is 2.16. The van der Waals surface area contributed by atoms with Crippen LogP contribution in [0.5, 0.6) is 0 Å². The van der Waals surface area contributed by atoms with Crippen molar-refractivity contribution in [3.63, 3.8) is 0 Å². The maximum absolute atomic E-state index is 12.5. The highest BCUT2D eigenvalue weighted by atomic mass is 31.3. The third-order valence-corrected chi connectivity index (χ3v) is 11.2. The number of imidazole rings is 1. The van der Waals surface area contributed by atoms with Crippen molar-refractivity contribution in [1.82, 2.24) is 19.5 Å². The van der Waals surface area contributed by atoms with Crippen LogP contribution in [0.3, 0.4) is 0 Å². The number of hydrogen-bond donors (Lipinski definition) is 7. The molecule has 1 aliphatic carbocycles. The van der Waals surface area contributed by atoms with Crippen molar-refractivity contribution in [2.45, 2.75) is 74.9 Å². The van der Waals surface area contributed by atoms with E-state index in [1.54, 1.807) is 0 Å². The number of carbonyl (C=O) groups is 1. The first-order valence-electron chi connectivity index (χ1n) is 16.1. The van der Waals surface area contributed by atoms with Gasteiger partial charge in [-0.05, 0) is 25.5 Å². The molecule has 51 heavy (non-hydrogen) atoms. The zero-order valence-electron chi connectivity index (χ0n) is 27.2. The van der Waals surface area contributed by atoms with E-state index in [-0.39, 0.29) is 17.6 Å². The number of unbranched alkanes of at least 4 members (excludes halogenated alkanes) is 3. The predicted molar refractivity (Wildman–Crippen MR) is 170 cm³/mol. The molecule has 1 saturated heterocycles. The molecule has 23 heteroatoms. The number of carbonyl (C=O) groups excluding carboxylic acids is 1. The number of anilines is 1. The maximum atomic E-state index is 12.5. The summed E-state index contributed by atoms with van der Waals surface area (Å²) in [6.45, 7) is -0.470. The average Bonchev–Trinajstić information content (AvgIpc) is 3.73. The summed E-state index contributed by atoms with van der Waals surface area (Å²) in [5.74, 6) is -1.28. The fourth-order valence-electron chi connectivity index (χ4n) is 6.02. The lowest BCUT2D eigenvalue weighted by atomic mass is 10.1. The smallest absolute Gasteiger partial charge is 0.274 e. The van der Waals surface area contributed by atoms with Crippen molar-refractivity contribution in [2.75, 3.05) is 31.6 Å². The van der Waals surface area contributed by atoms with Gasteiger partial charge in [0.05, 0.1) is 25.6 Å². The van der Waals surface area contributed by atoms with E-state index in [0.29, 0.717) is 24.4 Å². The summed E-state index contributed by atoms with van der Waals surface area (Å²) in [5.41, 5.74) is 11.6. The van der Waals surface area contributed by atoms with Crippen molar-refractivity contribution >= 4 is 38.5 Å². The molecule has 21 nitrogen and oxygen atoms in total. The number of phosphoric acid groups is 2. The highest BCUT2D eigenvalue weighted by Crippen LogP contribution is 2.56. The van der Waals surface area contributed by atoms with Crippen LogP contribution in [-0.4, -0.2) is 103 Å². The number of primary amides is 1. The van der Waals surface area contributed by atoms with E-state index in [2.05, 4.69) is 29.1 Å². The number of aliphatic hydroxyl groups is 4. The van der Waals surface area contributed by atoms with E-state index in [1.807, 2.05) is 0 Å². The lowest BCUT2D eigenvalue weighted by molar-refractivity contribution is -0.728. The molecule has 1 amide bonds. The minimum atomic E-state index is -5.66. The van der Waals surface area contributed by atoms with Gasteiger partial charge in [-0.1, -0.05) is 12.8 Å². The standard InChI is InChI=1S/C28H42N8O13P2/c29-7-3-1-2-4-8-31-26-20-27(33-14-32-26)36(15-34-20)28-24(40)23(39)19(48-28)13-47-51(44,45)49-50(42,43)46-12-17-10-18(22(38)21(17)37)35-9-5-6-16(11-35)25(30)41/h5-6,9,11,14-15,17-19,21-24,28,37-40H,1-4,7-8,10,12-13,29H2,(H4-,30,31,32,33,41,42,43,44,45)/p-1. The van der Waals surface area contributed by atoms with Crippen molar-refractivity contribution in [3.05, 3.63) is 42.7 Å². The second kappa shape index (κ2) is 16.8. The molecule has 9 N–H and O–H groups in total. The summed E-state index contributed by atoms with van der Waals surface area (Å²) in [5, 5.41) is 45.6. The van der Waals surface area contributed by atoms with Gasteiger partial charge in [0.1, 0.15) is 36.3 Å². The van der Waals surface area contributed by atoms with Gasteiger partial charge < -0.3 is 60.8 Å². The number of amides is 1. The molecule has 10 unspecified atom stereocenters. The van der Waals surface area contributed by atoms with Crippen LogP contribution in [0, 0.1) is 5.92 Å². The number of pyridine rings is 1. The number of phosphoric ester groups is 2.